The van der Waals surface area contributed by atoms with Crippen molar-refractivity contribution in [3.05, 3.63) is 82.7 Å². The number of carbonyl (C=O) groups is 3. The Hall–Kier alpha value is -3.92. The minimum atomic E-state index is -3.83. The van der Waals surface area contributed by atoms with Gasteiger partial charge in [-0.1, -0.05) is 24.3 Å². The molecule has 0 aliphatic carbocycles. The number of esters is 2. The molecule has 0 spiro atoms. The molecule has 1 aromatic heterocycles. The first-order valence-corrected chi connectivity index (χ1v) is 11.9. The number of anilines is 1. The highest BCUT2D eigenvalue weighted by atomic mass is 32.2. The van der Waals surface area contributed by atoms with E-state index < -0.39 is 34.4 Å². The molecule has 0 aliphatic rings. The Bertz CT molecular complexity index is 1330. The molecule has 0 bridgehead atoms. The van der Waals surface area contributed by atoms with Gasteiger partial charge in [0, 0.05) is 11.4 Å². The van der Waals surface area contributed by atoms with Crippen molar-refractivity contribution in [2.24, 2.45) is 0 Å². The highest BCUT2D eigenvalue weighted by Crippen LogP contribution is 2.21. The Morgan fingerprint density at radius 2 is 1.65 bits per heavy atom. The summed E-state index contributed by atoms with van der Waals surface area (Å²) in [4.78, 5) is 40.1. The molecule has 3 rings (SSSR count). The SMILES string of the molecule is CCOC(=O)c1c(C)[nH]c(C(=O)COC(=O)c2cccc(NS(=O)(=O)c3ccccc3)c2)c1C. The molecule has 0 saturated heterocycles. The van der Waals surface area contributed by atoms with Crippen molar-refractivity contribution in [1.29, 1.82) is 0 Å². The summed E-state index contributed by atoms with van der Waals surface area (Å²) in [5.74, 6) is -1.87. The van der Waals surface area contributed by atoms with Crippen molar-refractivity contribution in [3.63, 3.8) is 0 Å². The van der Waals surface area contributed by atoms with Gasteiger partial charge in [-0.2, -0.15) is 0 Å². The number of ether oxygens (including phenoxy) is 2. The second-order valence-corrected chi connectivity index (χ2v) is 9.03. The van der Waals surface area contributed by atoms with Crippen molar-refractivity contribution >= 4 is 33.4 Å². The predicted molar refractivity (Wildman–Crippen MR) is 125 cm³/mol. The van der Waals surface area contributed by atoms with Crippen LogP contribution >= 0.6 is 0 Å². The van der Waals surface area contributed by atoms with Gasteiger partial charge in [-0.25, -0.2) is 18.0 Å². The molecule has 9 nitrogen and oxygen atoms in total. The van der Waals surface area contributed by atoms with Gasteiger partial charge < -0.3 is 14.5 Å². The Morgan fingerprint density at radius 3 is 2.32 bits per heavy atom. The Kier molecular flexibility index (Phi) is 7.52. The number of benzene rings is 2. The Labute approximate surface area is 197 Å². The van der Waals surface area contributed by atoms with Crippen LogP contribution in [0.3, 0.4) is 0 Å². The van der Waals surface area contributed by atoms with Gasteiger partial charge in [0.2, 0.25) is 5.78 Å². The van der Waals surface area contributed by atoms with E-state index >= 15 is 0 Å². The van der Waals surface area contributed by atoms with Crippen LogP contribution in [0.5, 0.6) is 0 Å². The molecule has 0 unspecified atom stereocenters. The lowest BCUT2D eigenvalue weighted by atomic mass is 10.1. The van der Waals surface area contributed by atoms with Crippen LogP contribution in [0, 0.1) is 13.8 Å². The third-order valence-electron chi connectivity index (χ3n) is 4.93. The van der Waals surface area contributed by atoms with Crippen molar-refractivity contribution in [2.75, 3.05) is 17.9 Å². The second kappa shape index (κ2) is 10.3. The van der Waals surface area contributed by atoms with Gasteiger partial charge in [-0.15, -0.1) is 0 Å². The summed E-state index contributed by atoms with van der Waals surface area (Å²) < 4.78 is 37.5. The highest BCUT2D eigenvalue weighted by molar-refractivity contribution is 7.92. The summed E-state index contributed by atoms with van der Waals surface area (Å²) in [6, 6.07) is 13.5. The molecular formula is C24H24N2O7S. The fraction of sp³-hybridized carbons (Fsp3) is 0.208. The first-order chi connectivity index (χ1) is 16.1. The van der Waals surface area contributed by atoms with Crippen LogP contribution < -0.4 is 4.72 Å². The third-order valence-corrected chi connectivity index (χ3v) is 6.33. The van der Waals surface area contributed by atoms with E-state index in [2.05, 4.69) is 9.71 Å². The molecule has 34 heavy (non-hydrogen) atoms. The number of rotatable bonds is 9. The second-order valence-electron chi connectivity index (χ2n) is 7.34. The van der Waals surface area contributed by atoms with Gasteiger partial charge in [-0.3, -0.25) is 9.52 Å². The Balaban J connectivity index is 1.69. The zero-order chi connectivity index (χ0) is 24.9. The van der Waals surface area contributed by atoms with E-state index in [1.807, 2.05) is 0 Å². The number of aromatic nitrogens is 1. The van der Waals surface area contributed by atoms with Gasteiger partial charge in [0.25, 0.3) is 10.0 Å². The van der Waals surface area contributed by atoms with E-state index in [9.17, 15) is 22.8 Å². The number of hydrogen-bond acceptors (Lipinski definition) is 7. The number of sulfonamides is 1. The summed E-state index contributed by atoms with van der Waals surface area (Å²) in [5, 5.41) is 0. The molecule has 10 heteroatoms. The van der Waals surface area contributed by atoms with Crippen molar-refractivity contribution in [1.82, 2.24) is 4.98 Å². The standard InChI is InChI=1S/C24H24N2O7S/c1-4-32-24(29)21-15(2)22(25-16(21)3)20(27)14-33-23(28)17-9-8-10-18(13-17)26-34(30,31)19-11-6-5-7-12-19/h5-13,25-26H,4,14H2,1-3H3. The topological polar surface area (TPSA) is 132 Å². The quantitative estimate of drug-likeness (QED) is 0.350. The molecule has 0 amide bonds. The lowest BCUT2D eigenvalue weighted by Crippen LogP contribution is -2.16. The van der Waals surface area contributed by atoms with Gasteiger partial charge >= 0.3 is 11.9 Å². The molecule has 0 aliphatic heterocycles. The number of nitrogens with one attached hydrogen (secondary N) is 2. The average Bonchev–Trinajstić information content (AvgIpc) is 3.11. The van der Waals surface area contributed by atoms with Gasteiger partial charge in [0.15, 0.2) is 6.61 Å². The van der Waals surface area contributed by atoms with Crippen LogP contribution in [-0.2, 0) is 19.5 Å². The molecule has 0 atom stereocenters. The fourth-order valence-electron chi connectivity index (χ4n) is 3.35. The van der Waals surface area contributed by atoms with E-state index in [1.165, 1.54) is 36.4 Å². The van der Waals surface area contributed by atoms with Crippen LogP contribution in [-0.4, -0.2) is 44.3 Å². The zero-order valence-corrected chi connectivity index (χ0v) is 19.7. The average molecular weight is 485 g/mol. The van der Waals surface area contributed by atoms with Crippen molar-refractivity contribution < 1.29 is 32.3 Å². The number of aromatic amines is 1. The minimum Gasteiger partial charge on any atom is -0.462 e. The molecule has 178 valence electrons. The molecule has 3 aromatic rings. The van der Waals surface area contributed by atoms with Crippen molar-refractivity contribution in [3.8, 4) is 0 Å². The predicted octanol–water partition coefficient (Wildman–Crippen LogP) is 3.65. The first-order valence-electron chi connectivity index (χ1n) is 10.4. The number of H-pyrrole nitrogens is 1. The number of aryl methyl sites for hydroxylation is 1. The Morgan fingerprint density at radius 1 is 0.941 bits per heavy atom. The molecule has 2 aromatic carbocycles. The summed E-state index contributed by atoms with van der Waals surface area (Å²) in [5.41, 5.74) is 1.54. The van der Waals surface area contributed by atoms with E-state index in [0.717, 1.165) is 0 Å². The maximum Gasteiger partial charge on any atom is 0.340 e. The molecule has 2 N–H and O–H groups in total. The number of Topliss-reactive ketones (excluding diaryl/α,β-unsaturated/α-hetero) is 1. The largest absolute Gasteiger partial charge is 0.462 e. The van der Waals surface area contributed by atoms with Crippen LogP contribution in [0.1, 0.15) is 49.4 Å². The van der Waals surface area contributed by atoms with E-state index in [1.54, 1.807) is 39.0 Å². The summed E-state index contributed by atoms with van der Waals surface area (Å²) in [7, 11) is -3.83. The molecule has 0 saturated carbocycles. The number of ketones is 1. The fourth-order valence-corrected chi connectivity index (χ4v) is 4.42. The van der Waals surface area contributed by atoms with Crippen LogP contribution in [0.25, 0.3) is 0 Å². The van der Waals surface area contributed by atoms with Gasteiger partial charge in [0.05, 0.1) is 28.3 Å². The van der Waals surface area contributed by atoms with Gasteiger partial charge in [-0.05, 0) is 56.7 Å². The highest BCUT2D eigenvalue weighted by Gasteiger charge is 2.24. The van der Waals surface area contributed by atoms with E-state index in [4.69, 9.17) is 9.47 Å². The lowest BCUT2D eigenvalue weighted by Gasteiger charge is -2.09. The van der Waals surface area contributed by atoms with E-state index in [0.29, 0.717) is 11.3 Å². The van der Waals surface area contributed by atoms with Gasteiger partial charge in [0.1, 0.15) is 0 Å². The normalized spacial score (nSPS) is 11.0. The number of hydrogen-bond donors (Lipinski definition) is 2. The summed E-state index contributed by atoms with van der Waals surface area (Å²) in [6.45, 7) is 4.56. The summed E-state index contributed by atoms with van der Waals surface area (Å²) >= 11 is 0. The molecule has 0 fully saturated rings. The van der Waals surface area contributed by atoms with Crippen LogP contribution in [0.2, 0.25) is 0 Å². The third kappa shape index (κ3) is 5.52. The molecular weight excluding hydrogens is 460 g/mol. The maximum absolute atomic E-state index is 12.6. The maximum atomic E-state index is 12.6. The van der Waals surface area contributed by atoms with Crippen LogP contribution in [0.4, 0.5) is 5.69 Å². The molecule has 1 heterocycles. The number of carbonyl (C=O) groups excluding carboxylic acids is 3. The monoisotopic (exact) mass is 484 g/mol. The zero-order valence-electron chi connectivity index (χ0n) is 18.9. The smallest absolute Gasteiger partial charge is 0.340 e. The summed E-state index contributed by atoms with van der Waals surface area (Å²) in [6.07, 6.45) is 0. The van der Waals surface area contributed by atoms with Crippen LogP contribution in [0.15, 0.2) is 59.5 Å². The lowest BCUT2D eigenvalue weighted by molar-refractivity contribution is 0.0472. The van der Waals surface area contributed by atoms with Crippen molar-refractivity contribution in [2.45, 2.75) is 25.7 Å². The van der Waals surface area contributed by atoms with E-state index in [-0.39, 0.29) is 34.0 Å². The molecule has 0 radical (unpaired) electrons. The minimum absolute atomic E-state index is 0.0627. The first kappa shape index (κ1) is 24.7.